The highest BCUT2D eigenvalue weighted by Gasteiger charge is 2.34. The quantitative estimate of drug-likeness (QED) is 0.709. The molecule has 2 heteroatoms. The molecule has 0 saturated heterocycles. The molecule has 2 nitrogen and oxygen atoms in total. The molecule has 0 bridgehead atoms. The number of nitrogens with one attached hydrogen (secondary N) is 1. The second kappa shape index (κ2) is 4.19. The zero-order chi connectivity index (χ0) is 10.1. The zero-order valence-electron chi connectivity index (χ0n) is 9.37. The summed E-state index contributed by atoms with van der Waals surface area (Å²) in [6, 6.07) is 1.04. The predicted octanol–water partition coefficient (Wildman–Crippen LogP) is 1.92. The van der Waals surface area contributed by atoms with Crippen LogP contribution in [0.25, 0.3) is 0 Å². The highest BCUT2D eigenvalue weighted by molar-refractivity contribution is 4.91. The average molecular weight is 197 g/mol. The Morgan fingerprint density at radius 3 is 2.29 bits per heavy atom. The summed E-state index contributed by atoms with van der Waals surface area (Å²) in [6.45, 7) is 4.69. The van der Waals surface area contributed by atoms with Crippen LogP contribution in [0, 0.1) is 11.8 Å². The molecular weight excluding hydrogens is 174 g/mol. The predicted molar refractivity (Wildman–Crippen MR) is 58.1 cm³/mol. The minimum atomic E-state index is -0.0851. The summed E-state index contributed by atoms with van der Waals surface area (Å²) >= 11 is 0. The van der Waals surface area contributed by atoms with Crippen LogP contribution in [0.4, 0.5) is 0 Å². The van der Waals surface area contributed by atoms with Gasteiger partial charge >= 0.3 is 0 Å². The summed E-state index contributed by atoms with van der Waals surface area (Å²) in [4.78, 5) is 0. The molecule has 5 unspecified atom stereocenters. The number of aliphatic hydroxyl groups excluding tert-OH is 1. The third-order valence-corrected chi connectivity index (χ3v) is 4.37. The van der Waals surface area contributed by atoms with Gasteiger partial charge in [-0.2, -0.15) is 0 Å². The summed E-state index contributed by atoms with van der Waals surface area (Å²) in [5.41, 5.74) is 0. The van der Waals surface area contributed by atoms with Crippen molar-refractivity contribution in [1.82, 2.24) is 5.32 Å². The van der Waals surface area contributed by atoms with Gasteiger partial charge in [-0.1, -0.05) is 13.8 Å². The van der Waals surface area contributed by atoms with Gasteiger partial charge in [0.05, 0.1) is 6.10 Å². The van der Waals surface area contributed by atoms with Gasteiger partial charge in [-0.25, -0.2) is 0 Å². The Kier molecular flexibility index (Phi) is 3.13. The van der Waals surface area contributed by atoms with Crippen molar-refractivity contribution >= 4 is 0 Å². The molecule has 0 heterocycles. The Labute approximate surface area is 87.1 Å². The van der Waals surface area contributed by atoms with E-state index in [4.69, 9.17) is 0 Å². The number of hydrogen-bond donors (Lipinski definition) is 2. The lowest BCUT2D eigenvalue weighted by molar-refractivity contribution is 0.138. The fraction of sp³-hybridized carbons (Fsp3) is 1.00. The first-order valence-corrected chi connectivity index (χ1v) is 6.12. The van der Waals surface area contributed by atoms with Gasteiger partial charge in [-0.3, -0.25) is 0 Å². The van der Waals surface area contributed by atoms with Crippen LogP contribution < -0.4 is 5.32 Å². The van der Waals surface area contributed by atoms with E-state index in [0.29, 0.717) is 12.1 Å². The first kappa shape index (κ1) is 10.4. The Hall–Kier alpha value is -0.0800. The second-order valence-corrected chi connectivity index (χ2v) is 5.29. The molecule has 0 aromatic rings. The topological polar surface area (TPSA) is 32.3 Å². The van der Waals surface area contributed by atoms with Crippen molar-refractivity contribution in [3.8, 4) is 0 Å². The van der Waals surface area contributed by atoms with E-state index in [1.807, 2.05) is 0 Å². The van der Waals surface area contributed by atoms with E-state index in [2.05, 4.69) is 19.2 Å². The highest BCUT2D eigenvalue weighted by atomic mass is 16.3. The summed E-state index contributed by atoms with van der Waals surface area (Å²) < 4.78 is 0. The maximum absolute atomic E-state index is 9.74. The smallest absolute Gasteiger partial charge is 0.0693 e. The van der Waals surface area contributed by atoms with Gasteiger partial charge in [0.2, 0.25) is 0 Å². The van der Waals surface area contributed by atoms with Crippen LogP contribution in [0.1, 0.15) is 46.0 Å². The van der Waals surface area contributed by atoms with Crippen molar-refractivity contribution in [2.24, 2.45) is 11.8 Å². The van der Waals surface area contributed by atoms with E-state index in [9.17, 15) is 5.11 Å². The minimum absolute atomic E-state index is 0.0851. The zero-order valence-corrected chi connectivity index (χ0v) is 9.37. The average Bonchev–Trinajstić information content (AvgIpc) is 2.68. The Bertz CT molecular complexity index is 195. The van der Waals surface area contributed by atoms with Crippen LogP contribution in [0.2, 0.25) is 0 Å². The van der Waals surface area contributed by atoms with Crippen LogP contribution in [0.5, 0.6) is 0 Å². The van der Waals surface area contributed by atoms with Gasteiger partial charge in [-0.15, -0.1) is 0 Å². The molecule has 5 atom stereocenters. The van der Waals surface area contributed by atoms with E-state index in [1.165, 1.54) is 25.7 Å². The standard InChI is InChI=1S/C12H23NO/c1-8-6-7-10(9(8)2)13-11-4-3-5-12(11)14/h8-14H,3-7H2,1-2H3. The molecule has 14 heavy (non-hydrogen) atoms. The SMILES string of the molecule is CC1CCC(NC2CCCC2O)C1C. The van der Waals surface area contributed by atoms with E-state index in [1.54, 1.807) is 0 Å². The van der Waals surface area contributed by atoms with Gasteiger partial charge < -0.3 is 10.4 Å². The largest absolute Gasteiger partial charge is 0.392 e. The van der Waals surface area contributed by atoms with E-state index in [-0.39, 0.29) is 6.10 Å². The van der Waals surface area contributed by atoms with Crippen molar-refractivity contribution in [3.63, 3.8) is 0 Å². The number of aliphatic hydroxyl groups is 1. The highest BCUT2D eigenvalue weighted by Crippen LogP contribution is 2.32. The van der Waals surface area contributed by atoms with Crippen molar-refractivity contribution in [1.29, 1.82) is 0 Å². The minimum Gasteiger partial charge on any atom is -0.392 e. The summed E-state index contributed by atoms with van der Waals surface area (Å²) in [6.07, 6.45) is 5.91. The summed E-state index contributed by atoms with van der Waals surface area (Å²) in [5.74, 6) is 1.63. The van der Waals surface area contributed by atoms with Crippen LogP contribution in [0.3, 0.4) is 0 Å². The van der Waals surface area contributed by atoms with Gasteiger partial charge in [-0.05, 0) is 43.9 Å². The molecule has 2 N–H and O–H groups in total. The van der Waals surface area contributed by atoms with E-state index >= 15 is 0 Å². The monoisotopic (exact) mass is 197 g/mol. The molecule has 82 valence electrons. The maximum atomic E-state index is 9.74. The molecule has 2 saturated carbocycles. The summed E-state index contributed by atoms with van der Waals surface area (Å²) in [7, 11) is 0. The molecule has 0 aromatic carbocycles. The van der Waals surface area contributed by atoms with Crippen molar-refractivity contribution in [2.45, 2.75) is 64.1 Å². The second-order valence-electron chi connectivity index (χ2n) is 5.29. The fourth-order valence-electron chi connectivity index (χ4n) is 3.01. The molecule has 2 aliphatic rings. The van der Waals surface area contributed by atoms with Gasteiger partial charge in [0.1, 0.15) is 0 Å². The lowest BCUT2D eigenvalue weighted by Crippen LogP contribution is -2.44. The normalized spacial score (nSPS) is 48.6. The Morgan fingerprint density at radius 1 is 1.00 bits per heavy atom. The van der Waals surface area contributed by atoms with Gasteiger partial charge in [0.25, 0.3) is 0 Å². The molecule has 0 radical (unpaired) electrons. The molecule has 2 aliphatic carbocycles. The van der Waals surface area contributed by atoms with E-state index < -0.39 is 0 Å². The Morgan fingerprint density at radius 2 is 1.79 bits per heavy atom. The third-order valence-electron chi connectivity index (χ3n) is 4.37. The lowest BCUT2D eigenvalue weighted by Gasteiger charge is -2.25. The van der Waals surface area contributed by atoms with Crippen molar-refractivity contribution < 1.29 is 5.11 Å². The molecule has 0 aromatic heterocycles. The van der Waals surface area contributed by atoms with Crippen LogP contribution in [-0.2, 0) is 0 Å². The first-order valence-electron chi connectivity index (χ1n) is 6.12. The molecule has 0 aliphatic heterocycles. The number of hydrogen-bond acceptors (Lipinski definition) is 2. The van der Waals surface area contributed by atoms with Crippen molar-refractivity contribution in [3.05, 3.63) is 0 Å². The van der Waals surface area contributed by atoms with Gasteiger partial charge in [0.15, 0.2) is 0 Å². The van der Waals surface area contributed by atoms with E-state index in [0.717, 1.165) is 18.3 Å². The third kappa shape index (κ3) is 1.96. The molecule has 0 spiro atoms. The van der Waals surface area contributed by atoms with Crippen LogP contribution >= 0.6 is 0 Å². The lowest BCUT2D eigenvalue weighted by atomic mass is 9.97. The van der Waals surface area contributed by atoms with Crippen LogP contribution in [-0.4, -0.2) is 23.3 Å². The summed E-state index contributed by atoms with van der Waals surface area (Å²) in [5, 5.41) is 13.4. The molecule has 2 fully saturated rings. The van der Waals surface area contributed by atoms with Crippen LogP contribution in [0.15, 0.2) is 0 Å². The maximum Gasteiger partial charge on any atom is 0.0693 e. The molecule has 0 amide bonds. The fourth-order valence-corrected chi connectivity index (χ4v) is 3.01. The van der Waals surface area contributed by atoms with Crippen molar-refractivity contribution in [2.75, 3.05) is 0 Å². The first-order chi connectivity index (χ1) is 6.68. The Balaban J connectivity index is 1.85. The van der Waals surface area contributed by atoms with Gasteiger partial charge in [0, 0.05) is 12.1 Å². The number of rotatable bonds is 2. The molecular formula is C12H23NO. The molecule has 2 rings (SSSR count).